The number of aromatic nitrogens is 4. The third-order valence-corrected chi connectivity index (χ3v) is 2.52. The highest BCUT2D eigenvalue weighted by Gasteiger charge is 2.04. The third-order valence-electron chi connectivity index (χ3n) is 2.52. The lowest BCUT2D eigenvalue weighted by atomic mass is 10.2. The summed E-state index contributed by atoms with van der Waals surface area (Å²) in [7, 11) is 0. The molecule has 0 saturated carbocycles. The number of nitrogens with two attached hydrogens (primary N) is 1. The predicted molar refractivity (Wildman–Crippen MR) is 66.2 cm³/mol. The number of H-pyrrole nitrogens is 1. The molecule has 0 bridgehead atoms. The fourth-order valence-corrected chi connectivity index (χ4v) is 1.54. The molecule has 0 amide bonds. The van der Waals surface area contributed by atoms with Crippen LogP contribution in [-0.2, 0) is 13.0 Å². The summed E-state index contributed by atoms with van der Waals surface area (Å²) in [4.78, 5) is 33.2. The molecule has 0 aliphatic carbocycles. The van der Waals surface area contributed by atoms with Gasteiger partial charge in [-0.15, -0.1) is 0 Å². The average Bonchev–Trinajstić information content (AvgIpc) is 2.35. The second-order valence-corrected chi connectivity index (χ2v) is 3.83. The van der Waals surface area contributed by atoms with Crippen molar-refractivity contribution in [2.24, 2.45) is 0 Å². The number of aromatic amines is 1. The largest absolute Gasteiger partial charge is 0.382 e. The van der Waals surface area contributed by atoms with E-state index in [1.165, 1.54) is 17.0 Å². The number of nitrogen functional groups attached to an aromatic ring is 1. The van der Waals surface area contributed by atoms with Gasteiger partial charge in [0.2, 0.25) is 0 Å². The molecule has 94 valence electrons. The van der Waals surface area contributed by atoms with Crippen molar-refractivity contribution in [3.63, 3.8) is 0 Å². The number of anilines is 1. The average molecular weight is 247 g/mol. The highest BCUT2D eigenvalue weighted by molar-refractivity contribution is 5.22. The predicted octanol–water partition coefficient (Wildman–Crippen LogP) is -0.481. The van der Waals surface area contributed by atoms with Crippen LogP contribution in [0.5, 0.6) is 0 Å². The lowest BCUT2D eigenvalue weighted by Gasteiger charge is -2.06. The zero-order valence-corrected chi connectivity index (χ0v) is 9.88. The third kappa shape index (κ3) is 2.45. The van der Waals surface area contributed by atoms with Crippen LogP contribution >= 0.6 is 0 Å². The Hall–Kier alpha value is -2.44. The number of hydrogen-bond donors (Lipinski definition) is 2. The van der Waals surface area contributed by atoms with Gasteiger partial charge in [0.1, 0.15) is 5.82 Å². The summed E-state index contributed by atoms with van der Waals surface area (Å²) < 4.78 is 1.39. The van der Waals surface area contributed by atoms with Gasteiger partial charge in [0.25, 0.3) is 5.56 Å². The summed E-state index contributed by atoms with van der Waals surface area (Å²) >= 11 is 0. The minimum atomic E-state index is -0.462. The van der Waals surface area contributed by atoms with Crippen molar-refractivity contribution in [3.05, 3.63) is 50.7 Å². The molecule has 7 nitrogen and oxygen atoms in total. The Morgan fingerprint density at radius 3 is 2.72 bits per heavy atom. The van der Waals surface area contributed by atoms with Crippen LogP contribution in [0, 0.1) is 0 Å². The van der Waals surface area contributed by atoms with E-state index in [4.69, 9.17) is 5.73 Å². The summed E-state index contributed by atoms with van der Waals surface area (Å²) in [5, 5.41) is 0. The smallest absolute Gasteiger partial charge is 0.328 e. The van der Waals surface area contributed by atoms with Gasteiger partial charge in [-0.2, -0.15) is 0 Å². The van der Waals surface area contributed by atoms with Gasteiger partial charge in [-0.25, -0.2) is 9.78 Å². The molecule has 7 heteroatoms. The maximum Gasteiger partial charge on any atom is 0.328 e. The fraction of sp³-hybridized carbons (Fsp3) is 0.273. The van der Waals surface area contributed by atoms with Gasteiger partial charge in [0, 0.05) is 11.8 Å². The van der Waals surface area contributed by atoms with Crippen LogP contribution < -0.4 is 17.0 Å². The summed E-state index contributed by atoms with van der Waals surface area (Å²) in [5.74, 6) is 0.321. The molecule has 3 N–H and O–H groups in total. The lowest BCUT2D eigenvalue weighted by Crippen LogP contribution is -2.32. The quantitative estimate of drug-likeness (QED) is 0.761. The zero-order valence-electron chi connectivity index (χ0n) is 9.88. The van der Waals surface area contributed by atoms with Gasteiger partial charge >= 0.3 is 5.69 Å². The molecular weight excluding hydrogens is 234 g/mol. The number of rotatable bonds is 3. The number of hydrogen-bond acceptors (Lipinski definition) is 5. The highest BCUT2D eigenvalue weighted by Crippen LogP contribution is 1.98. The number of aryl methyl sites for hydroxylation is 1. The molecular formula is C11H13N5O2. The molecule has 0 spiro atoms. The fourth-order valence-electron chi connectivity index (χ4n) is 1.54. The van der Waals surface area contributed by atoms with E-state index < -0.39 is 5.69 Å². The molecule has 2 heterocycles. The maximum atomic E-state index is 11.6. The highest BCUT2D eigenvalue weighted by atomic mass is 16.2. The molecule has 2 aromatic heterocycles. The maximum absolute atomic E-state index is 11.6. The standard InChI is InChI=1S/C11H13N5O2/c1-2-7-5-16(11(18)15-10(7)17)6-8-3-14-9(12)4-13-8/h3-5H,2,6H2,1H3,(H2,12,14)(H,15,17,18). The Labute approximate surface area is 102 Å². The van der Waals surface area contributed by atoms with E-state index in [9.17, 15) is 9.59 Å². The van der Waals surface area contributed by atoms with Crippen LogP contribution in [-0.4, -0.2) is 19.5 Å². The van der Waals surface area contributed by atoms with Crippen LogP contribution in [0.25, 0.3) is 0 Å². The van der Waals surface area contributed by atoms with E-state index in [1.54, 1.807) is 6.20 Å². The van der Waals surface area contributed by atoms with E-state index in [0.29, 0.717) is 23.5 Å². The molecule has 18 heavy (non-hydrogen) atoms. The van der Waals surface area contributed by atoms with Gasteiger partial charge < -0.3 is 5.73 Å². The SMILES string of the molecule is CCc1cn(Cc2cnc(N)cn2)c(=O)[nH]c1=O. The van der Waals surface area contributed by atoms with Crippen molar-refractivity contribution in [2.45, 2.75) is 19.9 Å². The van der Waals surface area contributed by atoms with Gasteiger partial charge in [-0.3, -0.25) is 19.3 Å². The Morgan fingerprint density at radius 2 is 2.11 bits per heavy atom. The van der Waals surface area contributed by atoms with E-state index in [1.807, 2.05) is 6.92 Å². The van der Waals surface area contributed by atoms with Crippen molar-refractivity contribution in [1.29, 1.82) is 0 Å². The zero-order chi connectivity index (χ0) is 13.1. The van der Waals surface area contributed by atoms with Gasteiger partial charge in [0.05, 0.1) is 24.6 Å². The van der Waals surface area contributed by atoms with E-state index in [0.717, 1.165) is 0 Å². The molecule has 0 aliphatic heterocycles. The normalized spacial score (nSPS) is 10.5. The molecule has 0 radical (unpaired) electrons. The monoisotopic (exact) mass is 247 g/mol. The number of nitrogens with zero attached hydrogens (tertiary/aromatic N) is 3. The lowest BCUT2D eigenvalue weighted by molar-refractivity contribution is 0.691. The molecule has 0 fully saturated rings. The van der Waals surface area contributed by atoms with Crippen molar-refractivity contribution in [1.82, 2.24) is 19.5 Å². The molecule has 0 atom stereocenters. The Morgan fingerprint density at radius 1 is 1.33 bits per heavy atom. The van der Waals surface area contributed by atoms with Crippen LogP contribution in [0.3, 0.4) is 0 Å². The first-order valence-electron chi connectivity index (χ1n) is 5.49. The van der Waals surface area contributed by atoms with Crippen molar-refractivity contribution in [3.8, 4) is 0 Å². The van der Waals surface area contributed by atoms with Crippen LogP contribution in [0.2, 0.25) is 0 Å². The first-order valence-corrected chi connectivity index (χ1v) is 5.49. The first-order chi connectivity index (χ1) is 8.60. The molecule has 0 aliphatic rings. The minimum absolute atomic E-state index is 0.246. The van der Waals surface area contributed by atoms with Crippen molar-refractivity contribution < 1.29 is 0 Å². The Bertz CT molecular complexity index is 656. The summed E-state index contributed by atoms with van der Waals surface area (Å²) in [6, 6.07) is 0. The van der Waals surface area contributed by atoms with E-state index in [2.05, 4.69) is 15.0 Å². The molecule has 0 unspecified atom stereocenters. The molecule has 0 aromatic carbocycles. The minimum Gasteiger partial charge on any atom is -0.382 e. The van der Waals surface area contributed by atoms with Crippen molar-refractivity contribution in [2.75, 3.05) is 5.73 Å². The van der Waals surface area contributed by atoms with E-state index >= 15 is 0 Å². The van der Waals surface area contributed by atoms with Crippen LogP contribution in [0.15, 0.2) is 28.2 Å². The van der Waals surface area contributed by atoms with Gasteiger partial charge in [-0.1, -0.05) is 6.92 Å². The topological polar surface area (TPSA) is 107 Å². The first kappa shape index (κ1) is 12.0. The second-order valence-electron chi connectivity index (χ2n) is 3.83. The van der Waals surface area contributed by atoms with Crippen LogP contribution in [0.4, 0.5) is 5.82 Å². The molecule has 0 saturated heterocycles. The Kier molecular flexibility index (Phi) is 3.22. The summed E-state index contributed by atoms with van der Waals surface area (Å²) in [6.45, 7) is 2.10. The summed E-state index contributed by atoms with van der Waals surface area (Å²) in [5.41, 5.74) is 5.77. The van der Waals surface area contributed by atoms with Crippen LogP contribution in [0.1, 0.15) is 18.2 Å². The van der Waals surface area contributed by atoms with Gasteiger partial charge in [-0.05, 0) is 6.42 Å². The molecule has 2 aromatic rings. The summed E-state index contributed by atoms with van der Waals surface area (Å²) in [6.07, 6.45) is 5.02. The Balaban J connectivity index is 2.37. The molecule has 2 rings (SSSR count). The van der Waals surface area contributed by atoms with E-state index in [-0.39, 0.29) is 12.1 Å². The van der Waals surface area contributed by atoms with Gasteiger partial charge in [0.15, 0.2) is 0 Å². The second kappa shape index (κ2) is 4.82. The number of nitrogens with one attached hydrogen (secondary N) is 1. The van der Waals surface area contributed by atoms with Crippen molar-refractivity contribution >= 4 is 5.82 Å².